The van der Waals surface area contributed by atoms with Crippen molar-refractivity contribution in [1.29, 1.82) is 0 Å². The summed E-state index contributed by atoms with van der Waals surface area (Å²) in [6.45, 7) is 5.15. The molecule has 1 aromatic heterocycles. The first-order valence-corrected chi connectivity index (χ1v) is 9.25. The molecule has 26 heavy (non-hydrogen) atoms. The molecule has 1 amide bonds. The van der Waals surface area contributed by atoms with Crippen LogP contribution in [0.1, 0.15) is 17.7 Å². The van der Waals surface area contributed by atoms with Gasteiger partial charge in [-0.05, 0) is 43.3 Å². The van der Waals surface area contributed by atoms with E-state index >= 15 is 0 Å². The Hall–Kier alpha value is -2.34. The average molecular weight is 357 g/mol. The van der Waals surface area contributed by atoms with Gasteiger partial charge in [-0.25, -0.2) is 4.39 Å². The molecule has 4 rings (SSSR count). The number of benzene rings is 1. The number of aryl methyl sites for hydroxylation is 1. The summed E-state index contributed by atoms with van der Waals surface area (Å²) in [5.41, 5.74) is 2.22. The number of amides is 1. The molecule has 0 unspecified atom stereocenters. The lowest BCUT2D eigenvalue weighted by Gasteiger charge is -2.37. The zero-order valence-electron chi connectivity index (χ0n) is 14.9. The molecule has 2 aromatic rings. The van der Waals surface area contributed by atoms with Gasteiger partial charge in [0.1, 0.15) is 11.6 Å². The van der Waals surface area contributed by atoms with Crippen molar-refractivity contribution in [3.63, 3.8) is 0 Å². The highest BCUT2D eigenvalue weighted by molar-refractivity contribution is 5.78. The predicted octanol–water partition coefficient (Wildman–Crippen LogP) is 2.52. The Morgan fingerprint density at radius 3 is 2.58 bits per heavy atom. The number of nitrogens with zero attached hydrogens (tertiary/aromatic N) is 3. The summed E-state index contributed by atoms with van der Waals surface area (Å²) in [6.07, 6.45) is 3.71. The number of rotatable bonds is 3. The molecule has 0 saturated carbocycles. The van der Waals surface area contributed by atoms with E-state index in [0.717, 1.165) is 50.5 Å². The SMILES string of the molecule is O=C(CN1CCCc2occc2C1)N1CCN(c2ccc(F)cc2)CC1. The Kier molecular flexibility index (Phi) is 4.93. The second-order valence-electron chi connectivity index (χ2n) is 7.03. The molecule has 0 radical (unpaired) electrons. The smallest absolute Gasteiger partial charge is 0.236 e. The molecule has 1 aromatic carbocycles. The Bertz CT molecular complexity index is 751. The van der Waals surface area contributed by atoms with Crippen molar-refractivity contribution < 1.29 is 13.6 Å². The van der Waals surface area contributed by atoms with Crippen molar-refractivity contribution in [3.8, 4) is 0 Å². The first kappa shape index (κ1) is 17.1. The molecule has 6 heteroatoms. The molecular formula is C20H24FN3O2. The summed E-state index contributed by atoms with van der Waals surface area (Å²) in [5.74, 6) is 1.03. The van der Waals surface area contributed by atoms with Crippen molar-refractivity contribution in [2.45, 2.75) is 19.4 Å². The minimum Gasteiger partial charge on any atom is -0.469 e. The van der Waals surface area contributed by atoms with Crippen molar-refractivity contribution in [3.05, 3.63) is 53.7 Å². The van der Waals surface area contributed by atoms with Gasteiger partial charge in [-0.3, -0.25) is 9.69 Å². The maximum atomic E-state index is 13.1. The van der Waals surface area contributed by atoms with Crippen LogP contribution >= 0.6 is 0 Å². The number of piperazine rings is 1. The van der Waals surface area contributed by atoms with Crippen LogP contribution in [0.15, 0.2) is 41.0 Å². The molecule has 0 bridgehead atoms. The van der Waals surface area contributed by atoms with E-state index in [4.69, 9.17) is 4.42 Å². The lowest BCUT2D eigenvalue weighted by molar-refractivity contribution is -0.132. The number of carbonyl (C=O) groups is 1. The molecule has 1 saturated heterocycles. The highest BCUT2D eigenvalue weighted by Crippen LogP contribution is 2.20. The third kappa shape index (κ3) is 3.75. The van der Waals surface area contributed by atoms with Crippen LogP contribution in [0, 0.1) is 5.82 Å². The minimum atomic E-state index is -0.221. The monoisotopic (exact) mass is 357 g/mol. The highest BCUT2D eigenvalue weighted by atomic mass is 19.1. The lowest BCUT2D eigenvalue weighted by atomic mass is 10.2. The van der Waals surface area contributed by atoms with Crippen molar-refractivity contribution >= 4 is 11.6 Å². The van der Waals surface area contributed by atoms with Crippen LogP contribution in [0.5, 0.6) is 0 Å². The van der Waals surface area contributed by atoms with Gasteiger partial charge in [0.15, 0.2) is 0 Å². The van der Waals surface area contributed by atoms with E-state index in [-0.39, 0.29) is 11.7 Å². The third-order valence-electron chi connectivity index (χ3n) is 5.29. The van der Waals surface area contributed by atoms with Crippen LogP contribution in [0.2, 0.25) is 0 Å². The van der Waals surface area contributed by atoms with Crippen LogP contribution in [0.4, 0.5) is 10.1 Å². The second-order valence-corrected chi connectivity index (χ2v) is 7.03. The Balaban J connectivity index is 1.30. The normalized spacial score (nSPS) is 18.5. The molecular weight excluding hydrogens is 333 g/mol. The van der Waals surface area contributed by atoms with Crippen LogP contribution in [0.25, 0.3) is 0 Å². The minimum absolute atomic E-state index is 0.190. The molecule has 138 valence electrons. The molecule has 0 atom stereocenters. The summed E-state index contributed by atoms with van der Waals surface area (Å²) in [6, 6.07) is 8.57. The van der Waals surface area contributed by atoms with Gasteiger partial charge < -0.3 is 14.2 Å². The second kappa shape index (κ2) is 7.50. The van der Waals surface area contributed by atoms with E-state index in [9.17, 15) is 9.18 Å². The number of carbonyl (C=O) groups excluding carboxylic acids is 1. The molecule has 2 aliphatic heterocycles. The van der Waals surface area contributed by atoms with Crippen LogP contribution in [-0.4, -0.2) is 55.0 Å². The fourth-order valence-corrected chi connectivity index (χ4v) is 3.80. The van der Waals surface area contributed by atoms with Crippen LogP contribution < -0.4 is 4.90 Å². The third-order valence-corrected chi connectivity index (χ3v) is 5.29. The summed E-state index contributed by atoms with van der Waals surface area (Å²) >= 11 is 0. The number of anilines is 1. The topological polar surface area (TPSA) is 39.9 Å². The number of hydrogen-bond donors (Lipinski definition) is 0. The molecule has 0 aliphatic carbocycles. The Morgan fingerprint density at radius 1 is 1.04 bits per heavy atom. The molecule has 0 spiro atoms. The summed E-state index contributed by atoms with van der Waals surface area (Å²) in [7, 11) is 0. The number of furan rings is 1. The van der Waals surface area contributed by atoms with E-state index < -0.39 is 0 Å². The summed E-state index contributed by atoms with van der Waals surface area (Å²) in [4.78, 5) is 19.1. The van der Waals surface area contributed by atoms with E-state index in [1.165, 1.54) is 17.7 Å². The maximum Gasteiger partial charge on any atom is 0.236 e. The van der Waals surface area contributed by atoms with Gasteiger partial charge in [-0.15, -0.1) is 0 Å². The Morgan fingerprint density at radius 2 is 1.81 bits per heavy atom. The standard InChI is InChI=1S/C20H24FN3O2/c21-17-3-5-18(6-4-17)23-9-11-24(12-10-23)20(25)15-22-8-1-2-19-16(14-22)7-13-26-19/h3-7,13H,1-2,8-12,14-15H2. The molecule has 3 heterocycles. The van der Waals surface area contributed by atoms with Crippen LogP contribution in [0.3, 0.4) is 0 Å². The van der Waals surface area contributed by atoms with E-state index in [0.29, 0.717) is 19.6 Å². The van der Waals surface area contributed by atoms with Gasteiger partial charge in [0.25, 0.3) is 0 Å². The fraction of sp³-hybridized carbons (Fsp3) is 0.450. The zero-order valence-corrected chi connectivity index (χ0v) is 14.9. The first-order chi connectivity index (χ1) is 12.7. The summed E-state index contributed by atoms with van der Waals surface area (Å²) < 4.78 is 18.6. The van der Waals surface area contributed by atoms with E-state index in [2.05, 4.69) is 9.80 Å². The fourth-order valence-electron chi connectivity index (χ4n) is 3.80. The van der Waals surface area contributed by atoms with Gasteiger partial charge in [-0.1, -0.05) is 0 Å². The summed E-state index contributed by atoms with van der Waals surface area (Å²) in [5, 5.41) is 0. The van der Waals surface area contributed by atoms with E-state index in [1.807, 2.05) is 11.0 Å². The lowest BCUT2D eigenvalue weighted by Crippen LogP contribution is -2.51. The number of fused-ring (bicyclic) bond motifs is 1. The highest BCUT2D eigenvalue weighted by Gasteiger charge is 2.24. The van der Waals surface area contributed by atoms with Gasteiger partial charge >= 0.3 is 0 Å². The van der Waals surface area contributed by atoms with Gasteiger partial charge in [0.05, 0.1) is 12.8 Å². The Labute approximate surface area is 153 Å². The zero-order chi connectivity index (χ0) is 17.9. The van der Waals surface area contributed by atoms with Crippen LogP contribution in [-0.2, 0) is 17.8 Å². The maximum absolute atomic E-state index is 13.1. The molecule has 2 aliphatic rings. The van der Waals surface area contributed by atoms with Gasteiger partial charge in [-0.2, -0.15) is 0 Å². The quantitative estimate of drug-likeness (QED) is 0.846. The molecule has 1 fully saturated rings. The van der Waals surface area contributed by atoms with Gasteiger partial charge in [0, 0.05) is 50.4 Å². The largest absolute Gasteiger partial charge is 0.469 e. The number of hydrogen-bond acceptors (Lipinski definition) is 4. The van der Waals surface area contributed by atoms with Crippen molar-refractivity contribution in [1.82, 2.24) is 9.80 Å². The molecule has 0 N–H and O–H groups in total. The van der Waals surface area contributed by atoms with E-state index in [1.54, 1.807) is 18.4 Å². The van der Waals surface area contributed by atoms with Gasteiger partial charge in [0.2, 0.25) is 5.91 Å². The average Bonchev–Trinajstić information content (AvgIpc) is 3.01. The molecule has 5 nitrogen and oxygen atoms in total. The van der Waals surface area contributed by atoms with Crippen molar-refractivity contribution in [2.75, 3.05) is 44.2 Å². The first-order valence-electron chi connectivity index (χ1n) is 9.25. The van der Waals surface area contributed by atoms with Crippen molar-refractivity contribution in [2.24, 2.45) is 0 Å². The predicted molar refractivity (Wildman–Crippen MR) is 97.5 cm³/mol. The number of halogens is 1.